The summed E-state index contributed by atoms with van der Waals surface area (Å²) in [7, 11) is 0. The van der Waals surface area contributed by atoms with Gasteiger partial charge in [0.2, 0.25) is 11.8 Å². The van der Waals surface area contributed by atoms with Crippen LogP contribution < -0.4 is 0 Å². The van der Waals surface area contributed by atoms with Crippen LogP contribution in [0.3, 0.4) is 0 Å². The van der Waals surface area contributed by atoms with E-state index in [-0.39, 0.29) is 24.4 Å². The van der Waals surface area contributed by atoms with Crippen LogP contribution in [0.25, 0.3) is 0 Å². The first-order chi connectivity index (χ1) is 9.69. The van der Waals surface area contributed by atoms with Gasteiger partial charge in [0.25, 0.3) is 0 Å². The number of rotatable bonds is 3. The van der Waals surface area contributed by atoms with Gasteiger partial charge in [0.15, 0.2) is 0 Å². The summed E-state index contributed by atoms with van der Waals surface area (Å²) in [5.74, 6) is 0.495. The number of piperazine rings is 1. The zero-order valence-electron chi connectivity index (χ0n) is 11.0. The molecule has 0 bridgehead atoms. The fraction of sp³-hybridized carbons (Fsp3) is 0.615. The molecule has 2 aliphatic rings. The van der Waals surface area contributed by atoms with E-state index in [9.17, 15) is 9.59 Å². The highest BCUT2D eigenvalue weighted by molar-refractivity contribution is 7.09. The van der Waals surface area contributed by atoms with Gasteiger partial charge in [-0.3, -0.25) is 9.59 Å². The van der Waals surface area contributed by atoms with Crippen LogP contribution in [0.5, 0.6) is 0 Å². The first-order valence-electron chi connectivity index (χ1n) is 6.76. The van der Waals surface area contributed by atoms with Gasteiger partial charge in [0, 0.05) is 11.9 Å². The summed E-state index contributed by atoms with van der Waals surface area (Å²) in [6.45, 7) is 1.30. The van der Waals surface area contributed by atoms with Crippen LogP contribution in [0.4, 0.5) is 0 Å². The molecule has 1 aromatic rings. The van der Waals surface area contributed by atoms with E-state index in [1.54, 1.807) is 9.80 Å². The zero-order chi connectivity index (χ0) is 14.1. The number of carbonyl (C=O) groups excluding carboxylic acids is 2. The maximum absolute atomic E-state index is 12.5. The Balaban J connectivity index is 1.73. The highest BCUT2D eigenvalue weighted by atomic mass is 35.5. The van der Waals surface area contributed by atoms with E-state index in [0.29, 0.717) is 12.4 Å². The van der Waals surface area contributed by atoms with E-state index in [2.05, 4.69) is 4.98 Å². The second-order valence-corrected chi connectivity index (χ2v) is 6.37. The maximum atomic E-state index is 12.5. The molecule has 0 spiro atoms. The van der Waals surface area contributed by atoms with Gasteiger partial charge < -0.3 is 9.80 Å². The summed E-state index contributed by atoms with van der Waals surface area (Å²) in [4.78, 5) is 32.3. The summed E-state index contributed by atoms with van der Waals surface area (Å²) in [5.41, 5.74) is 0.821. The number of hydrogen-bond donors (Lipinski definition) is 0. The number of halogens is 1. The predicted molar refractivity (Wildman–Crippen MR) is 76.4 cm³/mol. The average molecular weight is 314 g/mol. The van der Waals surface area contributed by atoms with Crippen molar-refractivity contribution >= 4 is 34.8 Å². The van der Waals surface area contributed by atoms with Crippen LogP contribution >= 0.6 is 22.9 Å². The van der Waals surface area contributed by atoms with E-state index >= 15 is 0 Å². The molecule has 2 aliphatic heterocycles. The minimum atomic E-state index is -0.252. The summed E-state index contributed by atoms with van der Waals surface area (Å²) in [6.07, 6.45) is 2.80. The molecule has 5 nitrogen and oxygen atoms in total. The third-order valence-electron chi connectivity index (χ3n) is 3.81. The van der Waals surface area contributed by atoms with Crippen molar-refractivity contribution in [2.75, 3.05) is 13.1 Å². The van der Waals surface area contributed by atoms with Crippen molar-refractivity contribution in [2.45, 2.75) is 37.7 Å². The lowest BCUT2D eigenvalue weighted by Gasteiger charge is -2.42. The Morgan fingerprint density at radius 1 is 1.40 bits per heavy atom. The molecule has 3 rings (SSSR count). The monoisotopic (exact) mass is 313 g/mol. The van der Waals surface area contributed by atoms with Gasteiger partial charge in [-0.15, -0.1) is 22.9 Å². The molecule has 1 aromatic heterocycles. The number of nitrogens with zero attached hydrogens (tertiary/aromatic N) is 3. The van der Waals surface area contributed by atoms with Crippen molar-refractivity contribution in [3.63, 3.8) is 0 Å². The van der Waals surface area contributed by atoms with Crippen LogP contribution in [0.15, 0.2) is 5.38 Å². The van der Waals surface area contributed by atoms with E-state index in [1.165, 1.54) is 11.3 Å². The van der Waals surface area contributed by atoms with Crippen LogP contribution in [-0.2, 0) is 22.0 Å². The lowest BCUT2D eigenvalue weighted by Crippen LogP contribution is -2.60. The SMILES string of the molecule is O=C1C2CCCCN2C(=O)CN1Cc1nc(CCl)cs1. The first-order valence-corrected chi connectivity index (χ1v) is 8.18. The molecule has 2 saturated heterocycles. The summed E-state index contributed by atoms with van der Waals surface area (Å²) in [6, 6.07) is -0.252. The largest absolute Gasteiger partial charge is 0.329 e. The van der Waals surface area contributed by atoms with Gasteiger partial charge in [-0.1, -0.05) is 0 Å². The molecule has 0 aromatic carbocycles. The maximum Gasteiger partial charge on any atom is 0.246 e. The Hall–Kier alpha value is -1.14. The Kier molecular flexibility index (Phi) is 3.94. The third-order valence-corrected chi connectivity index (χ3v) is 4.96. The number of carbonyl (C=O) groups is 2. The fourth-order valence-corrected chi connectivity index (χ4v) is 3.85. The van der Waals surface area contributed by atoms with Gasteiger partial charge in [-0.25, -0.2) is 4.98 Å². The summed E-state index contributed by atoms with van der Waals surface area (Å²) < 4.78 is 0. The van der Waals surface area contributed by atoms with Crippen LogP contribution in [0.1, 0.15) is 30.0 Å². The van der Waals surface area contributed by atoms with Gasteiger partial charge in [0.05, 0.1) is 18.1 Å². The molecule has 1 atom stereocenters. The quantitative estimate of drug-likeness (QED) is 0.797. The second-order valence-electron chi connectivity index (χ2n) is 5.16. The van der Waals surface area contributed by atoms with Gasteiger partial charge in [-0.2, -0.15) is 0 Å². The molecule has 2 fully saturated rings. The molecular weight excluding hydrogens is 298 g/mol. The normalized spacial score (nSPS) is 23.1. The minimum absolute atomic E-state index is 0.0587. The van der Waals surface area contributed by atoms with Crippen molar-refractivity contribution in [3.05, 3.63) is 16.1 Å². The van der Waals surface area contributed by atoms with E-state index in [1.807, 2.05) is 5.38 Å². The topological polar surface area (TPSA) is 53.5 Å². The zero-order valence-corrected chi connectivity index (χ0v) is 12.6. The third kappa shape index (κ3) is 2.54. The molecule has 0 radical (unpaired) electrons. The highest BCUT2D eigenvalue weighted by Gasteiger charge is 2.40. The number of hydrogen-bond acceptors (Lipinski definition) is 4. The molecule has 0 saturated carbocycles. The Morgan fingerprint density at radius 3 is 3.00 bits per heavy atom. The van der Waals surface area contributed by atoms with Crippen molar-refractivity contribution in [3.8, 4) is 0 Å². The van der Waals surface area contributed by atoms with Crippen LogP contribution in [-0.4, -0.2) is 45.7 Å². The Morgan fingerprint density at radius 2 is 2.25 bits per heavy atom. The number of thiazole rings is 1. The van der Waals surface area contributed by atoms with Crippen molar-refractivity contribution < 1.29 is 9.59 Å². The smallest absolute Gasteiger partial charge is 0.246 e. The minimum Gasteiger partial charge on any atom is -0.329 e. The molecule has 7 heteroatoms. The number of alkyl halides is 1. The standard InChI is InChI=1S/C13H16ClN3O2S/c14-5-9-8-20-11(15-9)6-16-7-12(18)17-4-2-1-3-10(17)13(16)19/h8,10H,1-7H2. The van der Waals surface area contributed by atoms with Crippen LogP contribution in [0.2, 0.25) is 0 Å². The van der Waals surface area contributed by atoms with E-state index in [4.69, 9.17) is 11.6 Å². The van der Waals surface area contributed by atoms with Crippen LogP contribution in [0, 0.1) is 0 Å². The second kappa shape index (κ2) is 5.69. The molecule has 20 heavy (non-hydrogen) atoms. The first kappa shape index (κ1) is 13.8. The van der Waals surface area contributed by atoms with Crippen molar-refractivity contribution in [1.82, 2.24) is 14.8 Å². The Labute approximate surface area is 126 Å². The lowest BCUT2D eigenvalue weighted by molar-refractivity contribution is -0.158. The Bertz CT molecular complexity index is 533. The fourth-order valence-electron chi connectivity index (χ4n) is 2.81. The molecule has 1 unspecified atom stereocenters. The average Bonchev–Trinajstić information content (AvgIpc) is 2.92. The molecule has 3 heterocycles. The van der Waals surface area contributed by atoms with Gasteiger partial charge in [0.1, 0.15) is 17.6 Å². The van der Waals surface area contributed by atoms with Gasteiger partial charge >= 0.3 is 0 Å². The van der Waals surface area contributed by atoms with Crippen molar-refractivity contribution in [1.29, 1.82) is 0 Å². The molecule has 0 aliphatic carbocycles. The lowest BCUT2D eigenvalue weighted by atomic mass is 9.98. The predicted octanol–water partition coefficient (Wildman–Crippen LogP) is 1.61. The number of fused-ring (bicyclic) bond motifs is 1. The van der Waals surface area contributed by atoms with Gasteiger partial charge in [-0.05, 0) is 19.3 Å². The van der Waals surface area contributed by atoms with Crippen molar-refractivity contribution in [2.24, 2.45) is 0 Å². The number of piperidine rings is 1. The molecule has 108 valence electrons. The molecule has 0 N–H and O–H groups in total. The number of amides is 2. The van der Waals surface area contributed by atoms with E-state index in [0.717, 1.165) is 36.5 Å². The highest BCUT2D eigenvalue weighted by Crippen LogP contribution is 2.24. The van der Waals surface area contributed by atoms with E-state index < -0.39 is 0 Å². The number of aromatic nitrogens is 1. The molecular formula is C13H16ClN3O2S. The molecule has 2 amide bonds. The summed E-state index contributed by atoms with van der Waals surface area (Å²) >= 11 is 7.21. The summed E-state index contributed by atoms with van der Waals surface area (Å²) in [5, 5.41) is 2.73.